The first-order valence-corrected chi connectivity index (χ1v) is 10.6. The second-order valence-electron chi connectivity index (χ2n) is 7.81. The highest BCUT2D eigenvalue weighted by Crippen LogP contribution is 2.25. The molecule has 0 saturated heterocycles. The number of aromatic amines is 1. The van der Waals surface area contributed by atoms with Gasteiger partial charge in [0, 0.05) is 25.3 Å². The molecule has 0 spiro atoms. The van der Waals surface area contributed by atoms with Gasteiger partial charge in [0.05, 0.1) is 18.7 Å². The quantitative estimate of drug-likeness (QED) is 0.570. The summed E-state index contributed by atoms with van der Waals surface area (Å²) in [6.07, 6.45) is 5.96. The van der Waals surface area contributed by atoms with Crippen molar-refractivity contribution in [3.63, 3.8) is 0 Å². The smallest absolute Gasteiger partial charge is 0.253 e. The van der Waals surface area contributed by atoms with Crippen LogP contribution in [-0.4, -0.2) is 41.3 Å². The summed E-state index contributed by atoms with van der Waals surface area (Å²) in [4.78, 5) is 18.1. The van der Waals surface area contributed by atoms with Crippen molar-refractivity contribution in [3.8, 4) is 0 Å². The molecule has 6 heteroatoms. The lowest BCUT2D eigenvalue weighted by molar-refractivity contribution is 0.199. The maximum Gasteiger partial charge on any atom is 0.253 e. The number of hydrogen-bond donors (Lipinski definition) is 2. The largest absolute Gasteiger partial charge is 0.383 e. The fourth-order valence-electron chi connectivity index (χ4n) is 4.15. The van der Waals surface area contributed by atoms with E-state index >= 15 is 0 Å². The number of pyridine rings is 1. The van der Waals surface area contributed by atoms with Crippen LogP contribution < -0.4 is 10.9 Å². The molecule has 1 heterocycles. The second kappa shape index (κ2) is 9.52. The summed E-state index contributed by atoms with van der Waals surface area (Å²) in [5.41, 5.74) is 3.95. The van der Waals surface area contributed by atoms with Crippen LogP contribution in [-0.2, 0) is 11.3 Å². The van der Waals surface area contributed by atoms with Gasteiger partial charge < -0.3 is 19.9 Å². The van der Waals surface area contributed by atoms with Gasteiger partial charge in [-0.05, 0) is 62.0 Å². The zero-order valence-electron chi connectivity index (χ0n) is 17.1. The van der Waals surface area contributed by atoms with Gasteiger partial charge in [0.25, 0.3) is 5.56 Å². The summed E-state index contributed by atoms with van der Waals surface area (Å²) < 4.78 is 5.13. The summed E-state index contributed by atoms with van der Waals surface area (Å²) in [6.45, 7) is 5.93. The Hall–Kier alpha value is -1.92. The lowest BCUT2D eigenvalue weighted by Crippen LogP contribution is -2.47. The molecule has 5 nitrogen and oxygen atoms in total. The number of benzene rings is 1. The average Bonchev–Trinajstić information content (AvgIpc) is 2.67. The van der Waals surface area contributed by atoms with Gasteiger partial charge in [0.1, 0.15) is 0 Å². The van der Waals surface area contributed by atoms with E-state index in [0.29, 0.717) is 30.9 Å². The van der Waals surface area contributed by atoms with E-state index in [1.807, 2.05) is 13.0 Å². The molecule has 1 aliphatic carbocycles. The number of nitrogens with one attached hydrogen (secondary N) is 2. The van der Waals surface area contributed by atoms with E-state index in [1.165, 1.54) is 24.8 Å². The number of rotatable bonds is 6. The molecule has 0 unspecified atom stereocenters. The SMILES string of the molecule is COCCNC(=S)N(Cc1cc2cc(C)cc(C)c2[nH]c1=O)C1CCCCC1. The highest BCUT2D eigenvalue weighted by molar-refractivity contribution is 7.80. The third-order valence-corrected chi connectivity index (χ3v) is 5.95. The Balaban J connectivity index is 1.89. The van der Waals surface area contributed by atoms with Gasteiger partial charge >= 0.3 is 0 Å². The lowest BCUT2D eigenvalue weighted by Gasteiger charge is -2.36. The van der Waals surface area contributed by atoms with Crippen LogP contribution in [0, 0.1) is 13.8 Å². The van der Waals surface area contributed by atoms with Crippen molar-refractivity contribution in [2.75, 3.05) is 20.3 Å². The van der Waals surface area contributed by atoms with E-state index in [1.54, 1.807) is 7.11 Å². The van der Waals surface area contributed by atoms with Crippen LogP contribution in [0.5, 0.6) is 0 Å². The van der Waals surface area contributed by atoms with Crippen LogP contribution >= 0.6 is 12.2 Å². The minimum Gasteiger partial charge on any atom is -0.383 e. The zero-order chi connectivity index (χ0) is 20.1. The van der Waals surface area contributed by atoms with Gasteiger partial charge in [-0.25, -0.2) is 0 Å². The molecule has 0 amide bonds. The lowest BCUT2D eigenvalue weighted by atomic mass is 9.94. The molecule has 0 aliphatic heterocycles. The molecule has 3 rings (SSSR count). The topological polar surface area (TPSA) is 57.4 Å². The van der Waals surface area contributed by atoms with Crippen molar-refractivity contribution in [3.05, 3.63) is 45.2 Å². The summed E-state index contributed by atoms with van der Waals surface area (Å²) in [5.74, 6) is 0. The van der Waals surface area contributed by atoms with Crippen molar-refractivity contribution in [2.24, 2.45) is 0 Å². The fraction of sp³-hybridized carbons (Fsp3) is 0.545. The van der Waals surface area contributed by atoms with E-state index < -0.39 is 0 Å². The van der Waals surface area contributed by atoms with Crippen molar-refractivity contribution < 1.29 is 4.74 Å². The minimum atomic E-state index is -0.0278. The summed E-state index contributed by atoms with van der Waals surface area (Å²) >= 11 is 5.70. The van der Waals surface area contributed by atoms with Crippen LogP contribution in [0.4, 0.5) is 0 Å². The molecule has 1 aliphatic rings. The standard InChI is InChI=1S/C22H31N3O2S/c1-15-11-16(2)20-17(12-15)13-18(21(26)24-20)14-25(19-7-5-4-6-8-19)22(28)23-9-10-27-3/h11-13,19H,4-10,14H2,1-3H3,(H,23,28)(H,24,26). The summed E-state index contributed by atoms with van der Waals surface area (Å²) in [6, 6.07) is 6.63. The Bertz CT molecular complexity index is 887. The number of aromatic nitrogens is 1. The van der Waals surface area contributed by atoms with Crippen LogP contribution in [0.2, 0.25) is 0 Å². The van der Waals surface area contributed by atoms with Crippen molar-refractivity contribution in [1.82, 2.24) is 15.2 Å². The predicted octanol–water partition coefficient (Wildman–Crippen LogP) is 3.80. The number of thiocarbonyl (C=S) groups is 1. The molecule has 28 heavy (non-hydrogen) atoms. The maximum absolute atomic E-state index is 12.8. The molecule has 0 atom stereocenters. The number of hydrogen-bond acceptors (Lipinski definition) is 3. The Morgan fingerprint density at radius 1 is 1.25 bits per heavy atom. The highest BCUT2D eigenvalue weighted by atomic mass is 32.1. The van der Waals surface area contributed by atoms with Crippen LogP contribution in [0.1, 0.15) is 48.8 Å². The fourth-order valence-corrected chi connectivity index (χ4v) is 4.47. The van der Waals surface area contributed by atoms with Crippen molar-refractivity contribution in [1.29, 1.82) is 0 Å². The number of nitrogens with zero attached hydrogens (tertiary/aromatic N) is 1. The van der Waals surface area contributed by atoms with E-state index in [4.69, 9.17) is 17.0 Å². The molecule has 1 fully saturated rings. The summed E-state index contributed by atoms with van der Waals surface area (Å²) in [7, 11) is 1.68. The zero-order valence-corrected chi connectivity index (χ0v) is 18.0. The van der Waals surface area contributed by atoms with Crippen molar-refractivity contribution >= 4 is 28.2 Å². The first-order chi connectivity index (χ1) is 13.5. The predicted molar refractivity (Wildman–Crippen MR) is 119 cm³/mol. The Labute approximate surface area is 172 Å². The third-order valence-electron chi connectivity index (χ3n) is 5.57. The Kier molecular flexibility index (Phi) is 7.08. The minimum absolute atomic E-state index is 0.0278. The number of aryl methyl sites for hydroxylation is 2. The Morgan fingerprint density at radius 3 is 2.71 bits per heavy atom. The summed E-state index contributed by atoms with van der Waals surface area (Å²) in [5, 5.41) is 5.09. The first-order valence-electron chi connectivity index (χ1n) is 10.2. The number of methoxy groups -OCH3 is 1. The van der Waals surface area contributed by atoms with Crippen molar-refractivity contribution in [2.45, 2.75) is 58.5 Å². The maximum atomic E-state index is 12.8. The molecule has 2 N–H and O–H groups in total. The molecule has 2 aromatic rings. The third kappa shape index (κ3) is 4.92. The molecule has 0 bridgehead atoms. The van der Waals surface area contributed by atoms with Crippen LogP contribution in [0.15, 0.2) is 23.0 Å². The normalized spacial score (nSPS) is 15.0. The van der Waals surface area contributed by atoms with E-state index in [9.17, 15) is 4.79 Å². The number of fused-ring (bicyclic) bond motifs is 1. The molecule has 0 radical (unpaired) electrons. The van der Waals surface area contributed by atoms with Crippen LogP contribution in [0.3, 0.4) is 0 Å². The van der Waals surface area contributed by atoms with Gasteiger partial charge in [-0.3, -0.25) is 4.79 Å². The molecule has 1 aromatic heterocycles. The van der Waals surface area contributed by atoms with E-state index in [-0.39, 0.29) is 5.56 Å². The van der Waals surface area contributed by atoms with E-state index in [0.717, 1.165) is 34.9 Å². The first kappa shape index (κ1) is 20.8. The monoisotopic (exact) mass is 401 g/mol. The second-order valence-corrected chi connectivity index (χ2v) is 8.20. The van der Waals surface area contributed by atoms with Crippen LogP contribution in [0.25, 0.3) is 10.9 Å². The molecule has 1 saturated carbocycles. The average molecular weight is 402 g/mol. The van der Waals surface area contributed by atoms with Gasteiger partial charge in [-0.15, -0.1) is 0 Å². The Morgan fingerprint density at radius 2 is 2.00 bits per heavy atom. The molecular formula is C22H31N3O2S. The van der Waals surface area contributed by atoms with Gasteiger partial charge in [-0.2, -0.15) is 0 Å². The molecule has 1 aromatic carbocycles. The van der Waals surface area contributed by atoms with Gasteiger partial charge in [0.2, 0.25) is 0 Å². The highest BCUT2D eigenvalue weighted by Gasteiger charge is 2.24. The molecule has 152 valence electrons. The molecular weight excluding hydrogens is 370 g/mol. The number of H-pyrrole nitrogens is 1. The number of ether oxygens (including phenoxy) is 1. The van der Waals surface area contributed by atoms with E-state index in [2.05, 4.69) is 34.3 Å². The van der Waals surface area contributed by atoms with Gasteiger partial charge in [0.15, 0.2) is 5.11 Å². The van der Waals surface area contributed by atoms with Gasteiger partial charge in [-0.1, -0.05) is 30.9 Å².